The van der Waals surface area contributed by atoms with E-state index in [1.54, 1.807) is 0 Å². The highest BCUT2D eigenvalue weighted by Gasteiger charge is 2.30. The van der Waals surface area contributed by atoms with Crippen LogP contribution in [-0.2, 0) is 6.18 Å². The number of aromatic nitrogens is 2. The molecule has 0 atom stereocenters. The van der Waals surface area contributed by atoms with Crippen LogP contribution < -0.4 is 10.1 Å². The Bertz CT molecular complexity index is 929. The Morgan fingerprint density at radius 2 is 1.71 bits per heavy atom. The molecule has 1 N–H and O–H groups in total. The molecule has 0 spiro atoms. The summed E-state index contributed by atoms with van der Waals surface area (Å²) in [4.78, 5) is 20.4. The second-order valence-corrected chi connectivity index (χ2v) is 5.79. The van der Waals surface area contributed by atoms with Crippen LogP contribution in [0.5, 0.6) is 5.75 Å². The van der Waals surface area contributed by atoms with Gasteiger partial charge in [-0.15, -0.1) is 0 Å². The first-order valence-electron chi connectivity index (χ1n) is 8.39. The molecule has 0 radical (unpaired) electrons. The average molecular weight is 387 g/mol. The second kappa shape index (κ2) is 8.51. The van der Waals surface area contributed by atoms with Crippen molar-refractivity contribution in [3.63, 3.8) is 0 Å². The van der Waals surface area contributed by atoms with E-state index in [-0.39, 0.29) is 24.5 Å². The molecule has 1 aromatic heterocycles. The summed E-state index contributed by atoms with van der Waals surface area (Å²) in [7, 11) is 0. The van der Waals surface area contributed by atoms with Crippen LogP contribution in [0.4, 0.5) is 13.2 Å². The van der Waals surface area contributed by atoms with Crippen LogP contribution in [0.1, 0.15) is 15.9 Å². The number of halogens is 3. The monoisotopic (exact) mass is 387 g/mol. The van der Waals surface area contributed by atoms with Gasteiger partial charge < -0.3 is 10.1 Å². The van der Waals surface area contributed by atoms with E-state index in [0.717, 1.165) is 17.7 Å². The molecule has 0 aliphatic heterocycles. The molecule has 8 heteroatoms. The summed E-state index contributed by atoms with van der Waals surface area (Å²) in [6.45, 7) is 0.144. The van der Waals surface area contributed by atoms with Crippen molar-refractivity contribution in [1.82, 2.24) is 15.3 Å². The van der Waals surface area contributed by atoms with Crippen LogP contribution in [0.15, 0.2) is 67.0 Å². The fourth-order valence-electron chi connectivity index (χ4n) is 2.38. The Hall–Kier alpha value is -3.42. The van der Waals surface area contributed by atoms with E-state index < -0.39 is 17.6 Å². The Morgan fingerprint density at radius 1 is 1.00 bits per heavy atom. The van der Waals surface area contributed by atoms with Gasteiger partial charge in [-0.25, -0.2) is 9.97 Å². The topological polar surface area (TPSA) is 64.1 Å². The van der Waals surface area contributed by atoms with Gasteiger partial charge in [-0.1, -0.05) is 36.4 Å². The molecule has 28 heavy (non-hydrogen) atoms. The molecule has 0 saturated carbocycles. The lowest BCUT2D eigenvalue weighted by Crippen LogP contribution is -2.28. The third-order valence-corrected chi connectivity index (χ3v) is 3.76. The number of carbonyl (C=O) groups excluding carboxylic acids is 1. The molecule has 0 unspecified atom stereocenters. The van der Waals surface area contributed by atoms with Crippen molar-refractivity contribution in [3.05, 3.63) is 78.1 Å². The SMILES string of the molecule is O=C(NCCOc1cccc(C(F)(F)F)c1)c1cnc(-c2ccccc2)nc1. The summed E-state index contributed by atoms with van der Waals surface area (Å²) in [6.07, 6.45) is -1.60. The molecule has 3 rings (SSSR count). The number of benzene rings is 2. The zero-order valence-electron chi connectivity index (χ0n) is 14.6. The van der Waals surface area contributed by atoms with Crippen LogP contribution in [0.25, 0.3) is 11.4 Å². The number of hydrogen-bond donors (Lipinski definition) is 1. The minimum atomic E-state index is -4.43. The number of rotatable bonds is 6. The first-order valence-corrected chi connectivity index (χ1v) is 8.39. The lowest BCUT2D eigenvalue weighted by atomic mass is 10.2. The number of ether oxygens (including phenoxy) is 1. The Morgan fingerprint density at radius 3 is 2.39 bits per heavy atom. The molecule has 0 aliphatic carbocycles. The predicted molar refractivity (Wildman–Crippen MR) is 96.7 cm³/mol. The number of nitrogens with zero attached hydrogens (tertiary/aromatic N) is 2. The van der Waals surface area contributed by atoms with Gasteiger partial charge in [0.1, 0.15) is 12.4 Å². The summed E-state index contributed by atoms with van der Waals surface area (Å²) in [5.41, 5.74) is 0.326. The summed E-state index contributed by atoms with van der Waals surface area (Å²) in [5.74, 6) is 0.192. The number of amides is 1. The van der Waals surface area contributed by atoms with Crippen LogP contribution >= 0.6 is 0 Å². The van der Waals surface area contributed by atoms with Crippen molar-refractivity contribution < 1.29 is 22.7 Å². The highest BCUT2D eigenvalue weighted by Crippen LogP contribution is 2.31. The molecule has 144 valence electrons. The van der Waals surface area contributed by atoms with E-state index in [2.05, 4.69) is 15.3 Å². The zero-order valence-corrected chi connectivity index (χ0v) is 14.6. The summed E-state index contributed by atoms with van der Waals surface area (Å²) < 4.78 is 43.2. The van der Waals surface area contributed by atoms with Gasteiger partial charge in [-0.05, 0) is 18.2 Å². The molecule has 1 heterocycles. The highest BCUT2D eigenvalue weighted by atomic mass is 19.4. The highest BCUT2D eigenvalue weighted by molar-refractivity contribution is 5.93. The van der Waals surface area contributed by atoms with Crippen molar-refractivity contribution >= 4 is 5.91 Å². The van der Waals surface area contributed by atoms with Gasteiger partial charge in [0.05, 0.1) is 17.7 Å². The first-order chi connectivity index (χ1) is 13.4. The van der Waals surface area contributed by atoms with E-state index >= 15 is 0 Å². The molecular weight excluding hydrogens is 371 g/mol. The van der Waals surface area contributed by atoms with Crippen molar-refractivity contribution in [1.29, 1.82) is 0 Å². The average Bonchev–Trinajstić information content (AvgIpc) is 2.71. The normalized spacial score (nSPS) is 11.1. The van der Waals surface area contributed by atoms with Gasteiger partial charge >= 0.3 is 6.18 Å². The first kappa shape index (κ1) is 19.3. The molecule has 2 aromatic carbocycles. The minimum Gasteiger partial charge on any atom is -0.492 e. The van der Waals surface area contributed by atoms with Crippen molar-refractivity contribution in [3.8, 4) is 17.1 Å². The van der Waals surface area contributed by atoms with Crippen LogP contribution in [0, 0.1) is 0 Å². The number of carbonyl (C=O) groups is 1. The number of alkyl halides is 3. The smallest absolute Gasteiger partial charge is 0.416 e. The molecule has 1 amide bonds. The van der Waals surface area contributed by atoms with E-state index in [1.807, 2.05) is 30.3 Å². The second-order valence-electron chi connectivity index (χ2n) is 5.79. The van der Waals surface area contributed by atoms with Crippen molar-refractivity contribution in [2.24, 2.45) is 0 Å². The van der Waals surface area contributed by atoms with Crippen LogP contribution in [0.3, 0.4) is 0 Å². The lowest BCUT2D eigenvalue weighted by molar-refractivity contribution is -0.137. The Balaban J connectivity index is 1.50. The minimum absolute atomic E-state index is 0.0238. The fraction of sp³-hybridized carbons (Fsp3) is 0.150. The summed E-state index contributed by atoms with van der Waals surface area (Å²) in [5, 5.41) is 2.61. The summed E-state index contributed by atoms with van der Waals surface area (Å²) >= 11 is 0. The largest absolute Gasteiger partial charge is 0.492 e. The third kappa shape index (κ3) is 5.06. The number of nitrogens with one attached hydrogen (secondary N) is 1. The van der Waals surface area contributed by atoms with E-state index in [1.165, 1.54) is 24.5 Å². The fourth-order valence-corrected chi connectivity index (χ4v) is 2.38. The molecule has 5 nitrogen and oxygen atoms in total. The molecule has 0 saturated heterocycles. The maximum atomic E-state index is 12.7. The van der Waals surface area contributed by atoms with Crippen LogP contribution in [-0.4, -0.2) is 29.0 Å². The van der Waals surface area contributed by atoms with E-state index in [4.69, 9.17) is 4.74 Å². The maximum Gasteiger partial charge on any atom is 0.416 e. The van der Waals surface area contributed by atoms with Crippen LogP contribution in [0.2, 0.25) is 0 Å². The zero-order chi connectivity index (χ0) is 20.0. The quantitative estimate of drug-likeness (QED) is 0.650. The molecule has 0 aliphatic rings. The van der Waals surface area contributed by atoms with Crippen molar-refractivity contribution in [2.75, 3.05) is 13.2 Å². The summed E-state index contributed by atoms with van der Waals surface area (Å²) in [6, 6.07) is 13.9. The maximum absolute atomic E-state index is 12.7. The Labute approximate surface area is 159 Å². The third-order valence-electron chi connectivity index (χ3n) is 3.76. The van der Waals surface area contributed by atoms with E-state index in [0.29, 0.717) is 5.82 Å². The van der Waals surface area contributed by atoms with Crippen molar-refractivity contribution in [2.45, 2.75) is 6.18 Å². The van der Waals surface area contributed by atoms with E-state index in [9.17, 15) is 18.0 Å². The number of hydrogen-bond acceptors (Lipinski definition) is 4. The lowest BCUT2D eigenvalue weighted by Gasteiger charge is -2.10. The van der Waals surface area contributed by atoms with Gasteiger partial charge in [0, 0.05) is 18.0 Å². The molecule has 3 aromatic rings. The van der Waals surface area contributed by atoms with Gasteiger partial charge in [0.15, 0.2) is 5.82 Å². The van der Waals surface area contributed by atoms with Gasteiger partial charge in [-0.3, -0.25) is 4.79 Å². The predicted octanol–water partition coefficient (Wildman–Crippen LogP) is 3.97. The standard InChI is InChI=1S/C20H16F3N3O2/c21-20(22,23)16-7-4-8-17(11-16)28-10-9-24-19(27)15-12-25-18(26-13-15)14-5-2-1-3-6-14/h1-8,11-13H,9-10H2,(H,24,27). The Kier molecular flexibility index (Phi) is 5.88. The molecule has 0 fully saturated rings. The molecule has 0 bridgehead atoms. The molecular formula is C20H16F3N3O2. The van der Waals surface area contributed by atoms with Gasteiger partial charge in [0.2, 0.25) is 0 Å². The van der Waals surface area contributed by atoms with Gasteiger partial charge in [-0.2, -0.15) is 13.2 Å². The van der Waals surface area contributed by atoms with Gasteiger partial charge in [0.25, 0.3) is 5.91 Å².